The van der Waals surface area contributed by atoms with Crippen LogP contribution < -0.4 is 0 Å². The Bertz CT molecular complexity index is 1200. The van der Waals surface area contributed by atoms with Gasteiger partial charge in [0, 0.05) is 35.0 Å². The molecule has 0 aromatic heterocycles. The van der Waals surface area contributed by atoms with Crippen LogP contribution in [0.1, 0.15) is 59.6 Å². The van der Waals surface area contributed by atoms with Gasteiger partial charge >= 0.3 is 17.9 Å². The molecule has 0 saturated heterocycles. The molecule has 0 saturated carbocycles. The Kier molecular flexibility index (Phi) is 32.7. The molecule has 3 unspecified atom stereocenters. The van der Waals surface area contributed by atoms with Crippen molar-refractivity contribution in [2.45, 2.75) is 92.2 Å². The highest BCUT2D eigenvalue weighted by Crippen LogP contribution is 2.05. The summed E-state index contributed by atoms with van der Waals surface area (Å²) in [7, 11) is 3.16. The van der Waals surface area contributed by atoms with E-state index in [2.05, 4.69) is 4.74 Å². The smallest absolute Gasteiger partial charge is 0.304 e. The first-order chi connectivity index (χ1) is 26.4. The van der Waals surface area contributed by atoms with Crippen molar-refractivity contribution in [1.82, 2.24) is 0 Å². The van der Waals surface area contributed by atoms with Gasteiger partial charge < -0.3 is 56.8 Å². The molecule has 15 heteroatoms. The van der Waals surface area contributed by atoms with Crippen LogP contribution >= 0.6 is 0 Å². The topological polar surface area (TPSA) is 162 Å². The molecule has 0 amide bonds. The highest BCUT2D eigenvalue weighted by molar-refractivity contribution is 5.66. The molecule has 0 radical (unpaired) electrons. The number of carbonyl (C=O) groups excluding carboxylic acids is 3. The molecule has 0 aliphatic rings. The fourth-order valence-corrected chi connectivity index (χ4v) is 3.81. The number of ether oxygens (including phenoxy) is 12. The maximum Gasteiger partial charge on any atom is 0.304 e. The van der Waals surface area contributed by atoms with Gasteiger partial charge in [-0.2, -0.15) is 0 Å². The summed E-state index contributed by atoms with van der Waals surface area (Å²) in [4.78, 5) is 31.8. The third kappa shape index (κ3) is 34.7. The summed E-state index contributed by atoms with van der Waals surface area (Å²) in [6.45, 7) is 15.0. The Labute approximate surface area is 327 Å². The molecule has 55 heavy (non-hydrogen) atoms. The molecule has 15 nitrogen and oxygen atoms in total. The van der Waals surface area contributed by atoms with Crippen LogP contribution in [0.15, 0.2) is 60.7 Å². The first-order valence-electron chi connectivity index (χ1n) is 18.0. The zero-order valence-electron chi connectivity index (χ0n) is 34.1. The fraction of sp³-hybridized carbons (Fsp3) is 0.625. The van der Waals surface area contributed by atoms with Gasteiger partial charge in [-0.3, -0.25) is 14.4 Å². The van der Waals surface area contributed by atoms with Gasteiger partial charge in [-0.25, -0.2) is 0 Å². The average Bonchev–Trinajstić information content (AvgIpc) is 3.13. The fourth-order valence-electron chi connectivity index (χ4n) is 3.81. The maximum atomic E-state index is 10.7. The SMILES string of the molecule is CC(=O)OCOC(COCc1ccccc1)COC(C)C.COCC(COC(C)C)OCOC(C)=O.COCC(COCc1ccccc1)OCOC(C)=O. The summed E-state index contributed by atoms with van der Waals surface area (Å²) in [6.07, 6.45) is -0.485. The molecule has 0 bridgehead atoms. The summed E-state index contributed by atoms with van der Waals surface area (Å²) in [5.41, 5.74) is 2.19. The van der Waals surface area contributed by atoms with E-state index in [1.165, 1.54) is 20.8 Å². The number of carbonyl (C=O) groups is 3. The van der Waals surface area contributed by atoms with Crippen LogP contribution in [0.3, 0.4) is 0 Å². The minimum Gasteiger partial charge on any atom is -0.439 e. The van der Waals surface area contributed by atoms with Crippen molar-refractivity contribution in [3.63, 3.8) is 0 Å². The molecule has 2 aromatic rings. The van der Waals surface area contributed by atoms with Gasteiger partial charge in [0.05, 0.1) is 65.1 Å². The standard InChI is InChI=1S/C16H24O5.C14H20O5.C10H20O5/c1-13(2)19-11-16(21-12-20-14(3)17)10-18-9-15-7-5-4-6-8-15;1-12(15)18-11-19-14(9-16-2)10-17-8-13-6-4-3-5-7-13;1-8(2)13-6-10(5-12-4)15-7-14-9(3)11/h4-8,13,16H,9-12H2,1-3H3;3-7,14H,8-11H2,1-2H3;8,10H,5-7H2,1-4H3. The first kappa shape index (κ1) is 51.5. The average molecular weight is 785 g/mol. The third-order valence-corrected chi connectivity index (χ3v) is 6.46. The van der Waals surface area contributed by atoms with Crippen LogP contribution in [0, 0.1) is 0 Å². The van der Waals surface area contributed by atoms with Crippen molar-refractivity contribution in [3.8, 4) is 0 Å². The van der Waals surface area contributed by atoms with Gasteiger partial charge in [0.2, 0.25) is 0 Å². The van der Waals surface area contributed by atoms with E-state index in [1.54, 1.807) is 14.2 Å². The molecule has 0 spiro atoms. The second kappa shape index (κ2) is 34.9. The Hall–Kier alpha value is -3.51. The van der Waals surface area contributed by atoms with E-state index in [0.717, 1.165) is 11.1 Å². The molecule has 0 heterocycles. The van der Waals surface area contributed by atoms with Crippen molar-refractivity contribution in [1.29, 1.82) is 0 Å². The lowest BCUT2D eigenvalue weighted by Gasteiger charge is -2.19. The molecule has 2 aromatic carbocycles. The zero-order valence-corrected chi connectivity index (χ0v) is 34.1. The van der Waals surface area contributed by atoms with Crippen LogP contribution in [0.4, 0.5) is 0 Å². The van der Waals surface area contributed by atoms with E-state index in [4.69, 9.17) is 52.1 Å². The van der Waals surface area contributed by atoms with Crippen LogP contribution in [0.2, 0.25) is 0 Å². The first-order valence-corrected chi connectivity index (χ1v) is 18.0. The zero-order chi connectivity index (χ0) is 41.1. The minimum absolute atomic E-state index is 0.0647. The number of hydrogen-bond acceptors (Lipinski definition) is 15. The van der Waals surface area contributed by atoms with Crippen molar-refractivity contribution in [2.24, 2.45) is 0 Å². The second-order valence-electron chi connectivity index (χ2n) is 12.3. The van der Waals surface area contributed by atoms with Gasteiger partial charge in [-0.1, -0.05) is 60.7 Å². The predicted octanol–water partition coefficient (Wildman–Crippen LogP) is 5.25. The summed E-state index contributed by atoms with van der Waals surface area (Å²) in [5, 5.41) is 0. The monoisotopic (exact) mass is 784 g/mol. The minimum atomic E-state index is -0.374. The Morgan fingerprint density at radius 2 is 0.764 bits per heavy atom. The molecule has 2 rings (SSSR count). The molecular weight excluding hydrogens is 720 g/mol. The highest BCUT2D eigenvalue weighted by Gasteiger charge is 2.13. The quantitative estimate of drug-likeness (QED) is 0.0655. The molecule has 0 fully saturated rings. The van der Waals surface area contributed by atoms with Crippen molar-refractivity contribution >= 4 is 17.9 Å². The third-order valence-electron chi connectivity index (χ3n) is 6.46. The number of rotatable bonds is 27. The van der Waals surface area contributed by atoms with Crippen LogP contribution in [0.5, 0.6) is 0 Å². The van der Waals surface area contributed by atoms with Crippen molar-refractivity contribution in [3.05, 3.63) is 71.8 Å². The van der Waals surface area contributed by atoms with Gasteiger partial charge in [-0.05, 0) is 38.8 Å². The van der Waals surface area contributed by atoms with Crippen molar-refractivity contribution < 1.29 is 71.2 Å². The van der Waals surface area contributed by atoms with E-state index in [1.807, 2.05) is 88.4 Å². The lowest BCUT2D eigenvalue weighted by Crippen LogP contribution is -2.28. The summed E-state index contributed by atoms with van der Waals surface area (Å²) < 4.78 is 62.2. The van der Waals surface area contributed by atoms with E-state index in [9.17, 15) is 14.4 Å². The molecular formula is C40H64O15. The summed E-state index contributed by atoms with van der Waals surface area (Å²) >= 11 is 0. The number of benzene rings is 2. The Morgan fingerprint density at radius 1 is 0.455 bits per heavy atom. The highest BCUT2D eigenvalue weighted by atomic mass is 16.7. The van der Waals surface area contributed by atoms with Crippen LogP contribution in [-0.4, -0.2) is 123 Å². The summed E-state index contributed by atoms with van der Waals surface area (Å²) in [5.74, 6) is -1.11. The maximum absolute atomic E-state index is 10.7. The molecule has 314 valence electrons. The number of esters is 3. The lowest BCUT2D eigenvalue weighted by atomic mass is 10.2. The van der Waals surface area contributed by atoms with Crippen LogP contribution in [-0.2, 0) is 84.4 Å². The summed E-state index contributed by atoms with van der Waals surface area (Å²) in [6, 6.07) is 19.8. The molecule has 0 N–H and O–H groups in total. The number of hydrogen-bond donors (Lipinski definition) is 0. The lowest BCUT2D eigenvalue weighted by molar-refractivity contribution is -0.167. The Morgan fingerprint density at radius 3 is 1.05 bits per heavy atom. The van der Waals surface area contributed by atoms with Gasteiger partial charge in [-0.15, -0.1) is 0 Å². The largest absolute Gasteiger partial charge is 0.439 e. The van der Waals surface area contributed by atoms with Gasteiger partial charge in [0.25, 0.3) is 0 Å². The van der Waals surface area contributed by atoms with Gasteiger partial charge in [0.15, 0.2) is 20.4 Å². The molecule has 3 atom stereocenters. The van der Waals surface area contributed by atoms with E-state index < -0.39 is 0 Å². The normalized spacial score (nSPS) is 12.4. The van der Waals surface area contributed by atoms with Gasteiger partial charge in [0.1, 0.15) is 18.3 Å². The number of methoxy groups -OCH3 is 2. The molecule has 0 aliphatic carbocycles. The second-order valence-corrected chi connectivity index (χ2v) is 12.3. The molecule has 0 aliphatic heterocycles. The van der Waals surface area contributed by atoms with Crippen molar-refractivity contribution in [2.75, 3.05) is 74.2 Å². The van der Waals surface area contributed by atoms with E-state index >= 15 is 0 Å². The van der Waals surface area contributed by atoms with E-state index in [-0.39, 0.29) is 68.8 Å². The van der Waals surface area contributed by atoms with Crippen LogP contribution in [0.25, 0.3) is 0 Å². The van der Waals surface area contributed by atoms with E-state index in [0.29, 0.717) is 52.9 Å². The Balaban J connectivity index is 0.000000808. The predicted molar refractivity (Wildman–Crippen MR) is 203 cm³/mol.